The predicted octanol–water partition coefficient (Wildman–Crippen LogP) is 2.20. The first-order valence-electron chi connectivity index (χ1n) is 6.57. The van der Waals surface area contributed by atoms with Crippen LogP contribution < -0.4 is 11.1 Å². The van der Waals surface area contributed by atoms with Crippen molar-refractivity contribution in [3.63, 3.8) is 0 Å². The largest absolute Gasteiger partial charge is 0.399 e. The van der Waals surface area contributed by atoms with Crippen molar-refractivity contribution in [2.24, 2.45) is 5.92 Å². The molecule has 0 saturated heterocycles. The summed E-state index contributed by atoms with van der Waals surface area (Å²) in [7, 11) is 0. The van der Waals surface area contributed by atoms with E-state index in [1.807, 2.05) is 0 Å². The Bertz CT molecular complexity index is 437. The maximum absolute atomic E-state index is 12.0. The van der Waals surface area contributed by atoms with Gasteiger partial charge in [0, 0.05) is 22.8 Å². The molecule has 0 atom stereocenters. The first kappa shape index (κ1) is 14.2. The van der Waals surface area contributed by atoms with Crippen molar-refractivity contribution in [3.8, 4) is 0 Å². The van der Waals surface area contributed by atoms with Crippen molar-refractivity contribution < 1.29 is 9.90 Å². The third kappa shape index (κ3) is 4.11. The Kier molecular flexibility index (Phi) is 4.66. The summed E-state index contributed by atoms with van der Waals surface area (Å²) in [5.74, 6) is 0.296. The van der Waals surface area contributed by atoms with Gasteiger partial charge in [-0.25, -0.2) is 0 Å². The Morgan fingerprint density at radius 1 is 1.32 bits per heavy atom. The molecule has 0 unspecified atom stereocenters. The molecule has 19 heavy (non-hydrogen) atoms. The molecule has 1 aromatic rings. The molecule has 0 aromatic heterocycles. The van der Waals surface area contributed by atoms with Gasteiger partial charge in [-0.15, -0.1) is 0 Å². The van der Waals surface area contributed by atoms with Crippen LogP contribution in [0, 0.1) is 5.92 Å². The molecule has 1 fully saturated rings. The SMILES string of the molecule is Nc1cc(Cl)cc(C(=O)NCC2CCC(O)CC2)c1. The number of benzene rings is 1. The molecular formula is C14H19ClN2O2. The van der Waals surface area contributed by atoms with E-state index in [-0.39, 0.29) is 12.0 Å². The topological polar surface area (TPSA) is 75.4 Å². The number of nitrogens with two attached hydrogens (primary N) is 1. The van der Waals surface area contributed by atoms with Crippen LogP contribution in [0.3, 0.4) is 0 Å². The summed E-state index contributed by atoms with van der Waals surface area (Å²) in [6.07, 6.45) is 3.40. The van der Waals surface area contributed by atoms with Gasteiger partial charge in [-0.05, 0) is 49.8 Å². The molecule has 0 radical (unpaired) electrons. The summed E-state index contributed by atoms with van der Waals surface area (Å²) in [5.41, 5.74) is 6.63. The fourth-order valence-electron chi connectivity index (χ4n) is 2.43. The Balaban J connectivity index is 1.87. The zero-order valence-corrected chi connectivity index (χ0v) is 11.5. The molecule has 2 rings (SSSR count). The Morgan fingerprint density at radius 2 is 2.00 bits per heavy atom. The van der Waals surface area contributed by atoms with Gasteiger partial charge in [0.2, 0.25) is 0 Å². The molecule has 0 bridgehead atoms. The molecule has 0 aliphatic heterocycles. The van der Waals surface area contributed by atoms with E-state index in [1.165, 1.54) is 0 Å². The average molecular weight is 283 g/mol. The van der Waals surface area contributed by atoms with Crippen molar-refractivity contribution in [2.75, 3.05) is 12.3 Å². The molecular weight excluding hydrogens is 264 g/mol. The number of carbonyl (C=O) groups excluding carboxylic acids is 1. The minimum absolute atomic E-state index is 0.152. The van der Waals surface area contributed by atoms with Crippen LogP contribution in [-0.2, 0) is 0 Å². The molecule has 1 aliphatic rings. The van der Waals surface area contributed by atoms with E-state index >= 15 is 0 Å². The van der Waals surface area contributed by atoms with E-state index in [9.17, 15) is 9.90 Å². The highest BCUT2D eigenvalue weighted by atomic mass is 35.5. The fourth-order valence-corrected chi connectivity index (χ4v) is 2.68. The number of nitrogens with one attached hydrogen (secondary N) is 1. The second-order valence-electron chi connectivity index (χ2n) is 5.16. The number of nitrogen functional groups attached to an aromatic ring is 1. The number of aliphatic hydroxyl groups excluding tert-OH is 1. The number of carbonyl (C=O) groups is 1. The summed E-state index contributed by atoms with van der Waals surface area (Å²) >= 11 is 5.87. The van der Waals surface area contributed by atoms with Gasteiger partial charge in [0.15, 0.2) is 0 Å². The maximum atomic E-state index is 12.0. The lowest BCUT2D eigenvalue weighted by atomic mass is 9.87. The molecule has 0 heterocycles. The molecule has 0 spiro atoms. The van der Waals surface area contributed by atoms with Crippen LogP contribution in [-0.4, -0.2) is 23.7 Å². The highest BCUT2D eigenvalue weighted by Gasteiger charge is 2.20. The third-order valence-corrected chi connectivity index (χ3v) is 3.77. The number of amides is 1. The summed E-state index contributed by atoms with van der Waals surface area (Å²) in [5, 5.41) is 12.8. The highest BCUT2D eigenvalue weighted by molar-refractivity contribution is 6.31. The second kappa shape index (κ2) is 6.26. The number of rotatable bonds is 3. The Morgan fingerprint density at radius 3 is 2.63 bits per heavy atom. The Hall–Kier alpha value is -1.26. The summed E-state index contributed by atoms with van der Waals surface area (Å²) in [6.45, 7) is 0.637. The molecule has 1 amide bonds. The van der Waals surface area contributed by atoms with E-state index in [0.717, 1.165) is 25.7 Å². The first-order valence-corrected chi connectivity index (χ1v) is 6.94. The number of hydrogen-bond donors (Lipinski definition) is 3. The third-order valence-electron chi connectivity index (χ3n) is 3.55. The van der Waals surface area contributed by atoms with E-state index in [4.69, 9.17) is 17.3 Å². The maximum Gasteiger partial charge on any atom is 0.251 e. The van der Waals surface area contributed by atoms with E-state index in [1.54, 1.807) is 18.2 Å². The van der Waals surface area contributed by atoms with Gasteiger partial charge in [-0.2, -0.15) is 0 Å². The number of aliphatic hydroxyl groups is 1. The van der Waals surface area contributed by atoms with Gasteiger partial charge in [-0.3, -0.25) is 4.79 Å². The van der Waals surface area contributed by atoms with Gasteiger partial charge in [0.05, 0.1) is 6.10 Å². The van der Waals surface area contributed by atoms with Gasteiger partial charge in [-0.1, -0.05) is 11.6 Å². The van der Waals surface area contributed by atoms with Gasteiger partial charge < -0.3 is 16.2 Å². The van der Waals surface area contributed by atoms with Crippen LogP contribution in [0.5, 0.6) is 0 Å². The molecule has 1 aromatic carbocycles. The first-order chi connectivity index (χ1) is 9.04. The quantitative estimate of drug-likeness (QED) is 0.744. The van der Waals surface area contributed by atoms with Crippen molar-refractivity contribution in [1.29, 1.82) is 0 Å². The second-order valence-corrected chi connectivity index (χ2v) is 5.59. The smallest absolute Gasteiger partial charge is 0.251 e. The van der Waals surface area contributed by atoms with Crippen molar-refractivity contribution in [3.05, 3.63) is 28.8 Å². The van der Waals surface area contributed by atoms with E-state index in [0.29, 0.717) is 28.7 Å². The van der Waals surface area contributed by atoms with Crippen LogP contribution in [0.15, 0.2) is 18.2 Å². The minimum Gasteiger partial charge on any atom is -0.399 e. The normalized spacial score (nSPS) is 23.1. The molecule has 5 heteroatoms. The van der Waals surface area contributed by atoms with Gasteiger partial charge in [0.1, 0.15) is 0 Å². The summed E-state index contributed by atoms with van der Waals surface area (Å²) in [6, 6.07) is 4.84. The number of hydrogen-bond acceptors (Lipinski definition) is 3. The van der Waals surface area contributed by atoms with Crippen LogP contribution >= 0.6 is 11.6 Å². The van der Waals surface area contributed by atoms with Crippen LogP contribution in [0.2, 0.25) is 5.02 Å². The average Bonchev–Trinajstić information content (AvgIpc) is 2.36. The fraction of sp³-hybridized carbons (Fsp3) is 0.500. The van der Waals surface area contributed by atoms with Crippen molar-refractivity contribution >= 4 is 23.2 Å². The molecule has 104 valence electrons. The highest BCUT2D eigenvalue weighted by Crippen LogP contribution is 2.23. The Labute approximate surface area is 117 Å². The zero-order valence-electron chi connectivity index (χ0n) is 10.7. The number of halogens is 1. The predicted molar refractivity (Wildman–Crippen MR) is 76.2 cm³/mol. The van der Waals surface area contributed by atoms with Crippen LogP contribution in [0.25, 0.3) is 0 Å². The zero-order chi connectivity index (χ0) is 13.8. The lowest BCUT2D eigenvalue weighted by molar-refractivity contribution is 0.0910. The van der Waals surface area contributed by atoms with Crippen LogP contribution in [0.4, 0.5) is 5.69 Å². The van der Waals surface area contributed by atoms with Crippen molar-refractivity contribution in [2.45, 2.75) is 31.8 Å². The van der Waals surface area contributed by atoms with Gasteiger partial charge in [0.25, 0.3) is 5.91 Å². The summed E-state index contributed by atoms with van der Waals surface area (Å²) in [4.78, 5) is 12.0. The molecule has 1 saturated carbocycles. The standard InChI is InChI=1S/C14H19ClN2O2/c15-11-5-10(6-12(16)7-11)14(19)17-8-9-1-3-13(18)4-2-9/h5-7,9,13,18H,1-4,8,16H2,(H,17,19). The number of anilines is 1. The van der Waals surface area contributed by atoms with Crippen LogP contribution in [0.1, 0.15) is 36.0 Å². The lowest BCUT2D eigenvalue weighted by Crippen LogP contribution is -2.32. The molecule has 4 nitrogen and oxygen atoms in total. The van der Waals surface area contributed by atoms with E-state index < -0.39 is 0 Å². The monoisotopic (exact) mass is 282 g/mol. The minimum atomic E-state index is -0.167. The lowest BCUT2D eigenvalue weighted by Gasteiger charge is -2.25. The summed E-state index contributed by atoms with van der Waals surface area (Å²) < 4.78 is 0. The van der Waals surface area contributed by atoms with Crippen molar-refractivity contribution in [1.82, 2.24) is 5.32 Å². The van der Waals surface area contributed by atoms with Gasteiger partial charge >= 0.3 is 0 Å². The molecule has 4 N–H and O–H groups in total. The molecule has 1 aliphatic carbocycles. The van der Waals surface area contributed by atoms with E-state index in [2.05, 4.69) is 5.32 Å².